The van der Waals surface area contributed by atoms with Crippen LogP contribution in [0.25, 0.3) is 16.7 Å². The number of halogens is 2. The molecule has 0 bridgehead atoms. The third-order valence-corrected chi connectivity index (χ3v) is 5.51. The predicted molar refractivity (Wildman–Crippen MR) is 112 cm³/mol. The lowest BCUT2D eigenvalue weighted by Crippen LogP contribution is -2.37. The Hall–Kier alpha value is -2.73. The normalized spacial score (nSPS) is 14.3. The Balaban J connectivity index is 2.05. The van der Waals surface area contributed by atoms with Crippen molar-refractivity contribution in [2.75, 3.05) is 31.2 Å². The number of hydrogen-bond acceptors (Lipinski definition) is 6. The fourth-order valence-corrected chi connectivity index (χ4v) is 4.00. The number of benzene rings is 1. The topological polar surface area (TPSA) is 105 Å². The second-order valence-corrected chi connectivity index (χ2v) is 7.61. The highest BCUT2D eigenvalue weighted by Crippen LogP contribution is 2.27. The van der Waals surface area contributed by atoms with Crippen LogP contribution in [0.1, 0.15) is 10.4 Å². The Morgan fingerprint density at radius 2 is 1.97 bits per heavy atom. The van der Waals surface area contributed by atoms with Crippen molar-refractivity contribution in [1.29, 1.82) is 0 Å². The van der Waals surface area contributed by atoms with Gasteiger partial charge < -0.3 is 19.8 Å². The number of carboxylic acids is 1. The van der Waals surface area contributed by atoms with Gasteiger partial charge in [-0.05, 0) is 46.9 Å². The van der Waals surface area contributed by atoms with Gasteiger partial charge in [0.15, 0.2) is 17.3 Å². The smallest absolute Gasteiger partial charge is 0.341 e. The lowest BCUT2D eigenvalue weighted by Gasteiger charge is -2.28. The van der Waals surface area contributed by atoms with Gasteiger partial charge in [-0.15, -0.1) is 0 Å². The van der Waals surface area contributed by atoms with E-state index >= 15 is 0 Å². The SMILES string of the molecule is O=C(O)c1cn(-c2ccc(O)cc2I)c2nc(N3CCOCC3)c(F)cc2c1=O. The zero-order valence-electron chi connectivity index (χ0n) is 14.9. The first kappa shape index (κ1) is 19.6. The molecule has 8 nitrogen and oxygen atoms in total. The molecule has 150 valence electrons. The number of rotatable bonds is 3. The quantitative estimate of drug-likeness (QED) is 0.521. The molecule has 0 radical (unpaired) electrons. The molecule has 4 rings (SSSR count). The molecule has 0 spiro atoms. The first-order valence-electron chi connectivity index (χ1n) is 8.67. The van der Waals surface area contributed by atoms with E-state index in [0.29, 0.717) is 35.6 Å². The highest BCUT2D eigenvalue weighted by molar-refractivity contribution is 14.1. The number of fused-ring (bicyclic) bond motifs is 1. The molecule has 1 fully saturated rings. The Morgan fingerprint density at radius 1 is 1.24 bits per heavy atom. The molecule has 10 heteroatoms. The Morgan fingerprint density at radius 3 is 2.62 bits per heavy atom. The molecular formula is C19H15FIN3O5. The summed E-state index contributed by atoms with van der Waals surface area (Å²) in [6.07, 6.45) is 1.18. The highest BCUT2D eigenvalue weighted by atomic mass is 127. The van der Waals surface area contributed by atoms with Crippen LogP contribution in [0.3, 0.4) is 0 Å². The van der Waals surface area contributed by atoms with Crippen molar-refractivity contribution < 1.29 is 24.1 Å². The standard InChI is InChI=1S/C19H15FIN3O5/c20-13-8-11-16(26)12(19(27)28)9-24(15-2-1-10(25)7-14(15)21)17(11)22-18(13)23-3-5-29-6-4-23/h1-2,7-9,25H,3-6H2,(H,27,28). The van der Waals surface area contributed by atoms with Crippen LogP contribution in [0, 0.1) is 9.39 Å². The maximum atomic E-state index is 14.8. The largest absolute Gasteiger partial charge is 0.508 e. The molecule has 29 heavy (non-hydrogen) atoms. The van der Waals surface area contributed by atoms with Crippen LogP contribution in [-0.4, -0.2) is 52.0 Å². The number of phenols is 1. The summed E-state index contributed by atoms with van der Waals surface area (Å²) in [4.78, 5) is 30.4. The van der Waals surface area contributed by atoms with Crippen molar-refractivity contribution in [2.24, 2.45) is 0 Å². The fourth-order valence-electron chi connectivity index (χ4n) is 3.24. The van der Waals surface area contributed by atoms with Crippen molar-refractivity contribution in [3.63, 3.8) is 0 Å². The number of phenolic OH excluding ortho intramolecular Hbond substituents is 1. The molecule has 1 saturated heterocycles. The van der Waals surface area contributed by atoms with Crippen molar-refractivity contribution >= 4 is 45.4 Å². The summed E-state index contributed by atoms with van der Waals surface area (Å²) in [5, 5.41) is 19.0. The molecule has 1 aliphatic rings. The first-order valence-corrected chi connectivity index (χ1v) is 9.75. The van der Waals surface area contributed by atoms with Crippen molar-refractivity contribution in [2.45, 2.75) is 0 Å². The van der Waals surface area contributed by atoms with E-state index in [1.54, 1.807) is 11.0 Å². The molecule has 0 atom stereocenters. The minimum absolute atomic E-state index is 0.0370. The zero-order chi connectivity index (χ0) is 20.7. The van der Waals surface area contributed by atoms with Gasteiger partial charge in [0.25, 0.3) is 0 Å². The van der Waals surface area contributed by atoms with Crippen molar-refractivity contribution in [3.8, 4) is 11.4 Å². The number of ether oxygens (including phenoxy) is 1. The summed E-state index contributed by atoms with van der Waals surface area (Å²) in [7, 11) is 0. The van der Waals surface area contributed by atoms with E-state index in [-0.39, 0.29) is 22.6 Å². The van der Waals surface area contributed by atoms with E-state index in [0.717, 1.165) is 6.07 Å². The molecule has 0 amide bonds. The van der Waals surface area contributed by atoms with Crippen LogP contribution in [-0.2, 0) is 4.74 Å². The number of anilines is 1. The predicted octanol–water partition coefficient (Wildman–Crippen LogP) is 2.37. The summed E-state index contributed by atoms with van der Waals surface area (Å²) in [6.45, 7) is 1.76. The van der Waals surface area contributed by atoms with Crippen LogP contribution in [0.5, 0.6) is 5.75 Å². The number of nitrogens with zero attached hydrogens (tertiary/aromatic N) is 3. The van der Waals surface area contributed by atoms with Crippen LogP contribution >= 0.6 is 22.6 Å². The summed E-state index contributed by atoms with van der Waals surface area (Å²) in [5.74, 6) is -2.01. The number of carbonyl (C=O) groups is 1. The first-order chi connectivity index (χ1) is 13.9. The number of carboxylic acid groups (broad SMARTS) is 1. The number of pyridine rings is 2. The Bertz CT molecular complexity index is 1190. The zero-order valence-corrected chi connectivity index (χ0v) is 17.1. The molecule has 3 heterocycles. The van der Waals surface area contributed by atoms with Gasteiger partial charge in [-0.25, -0.2) is 14.2 Å². The van der Waals surface area contributed by atoms with Crippen molar-refractivity contribution in [3.05, 3.63) is 55.6 Å². The second kappa shape index (κ2) is 7.59. The molecule has 1 aromatic carbocycles. The monoisotopic (exact) mass is 511 g/mol. The van der Waals surface area contributed by atoms with Gasteiger partial charge in [-0.3, -0.25) is 9.36 Å². The third-order valence-electron chi connectivity index (χ3n) is 4.64. The summed E-state index contributed by atoms with van der Waals surface area (Å²) in [6, 6.07) is 5.54. The maximum absolute atomic E-state index is 14.8. The van der Waals surface area contributed by atoms with Gasteiger partial charge in [0.1, 0.15) is 11.3 Å². The van der Waals surface area contributed by atoms with E-state index < -0.39 is 22.8 Å². The van der Waals surface area contributed by atoms with E-state index in [9.17, 15) is 24.2 Å². The van der Waals surface area contributed by atoms with Crippen LogP contribution in [0.4, 0.5) is 10.2 Å². The molecule has 0 aliphatic carbocycles. The van der Waals surface area contributed by atoms with E-state index in [4.69, 9.17) is 4.74 Å². The van der Waals surface area contributed by atoms with Gasteiger partial charge >= 0.3 is 5.97 Å². The summed E-state index contributed by atoms with van der Waals surface area (Å²) < 4.78 is 22.1. The second-order valence-electron chi connectivity index (χ2n) is 6.45. The van der Waals surface area contributed by atoms with E-state index in [1.165, 1.54) is 22.9 Å². The molecule has 3 aromatic rings. The lowest BCUT2D eigenvalue weighted by atomic mass is 10.1. The number of hydrogen-bond donors (Lipinski definition) is 2. The number of aromatic hydroxyl groups is 1. The van der Waals surface area contributed by atoms with Gasteiger partial charge in [0.05, 0.1) is 24.3 Å². The summed E-state index contributed by atoms with van der Waals surface area (Å²) >= 11 is 1.98. The Labute approximate surface area is 177 Å². The third kappa shape index (κ3) is 3.53. The average Bonchev–Trinajstić information content (AvgIpc) is 2.69. The lowest BCUT2D eigenvalue weighted by molar-refractivity contribution is 0.0695. The maximum Gasteiger partial charge on any atom is 0.341 e. The molecule has 0 unspecified atom stereocenters. The minimum atomic E-state index is -1.42. The van der Waals surface area contributed by atoms with Gasteiger partial charge in [-0.2, -0.15) is 0 Å². The average molecular weight is 511 g/mol. The fraction of sp³-hybridized carbons (Fsp3) is 0.211. The van der Waals surface area contributed by atoms with Gasteiger partial charge in [0, 0.05) is 22.9 Å². The minimum Gasteiger partial charge on any atom is -0.508 e. The molecular weight excluding hydrogens is 496 g/mol. The number of aromatic carboxylic acids is 1. The molecule has 2 aromatic heterocycles. The van der Waals surface area contributed by atoms with Gasteiger partial charge in [-0.1, -0.05) is 0 Å². The van der Waals surface area contributed by atoms with E-state index in [1.807, 2.05) is 22.6 Å². The highest BCUT2D eigenvalue weighted by Gasteiger charge is 2.23. The van der Waals surface area contributed by atoms with Crippen LogP contribution in [0.15, 0.2) is 35.3 Å². The van der Waals surface area contributed by atoms with Crippen LogP contribution < -0.4 is 10.3 Å². The van der Waals surface area contributed by atoms with Crippen molar-refractivity contribution in [1.82, 2.24) is 9.55 Å². The van der Waals surface area contributed by atoms with E-state index in [2.05, 4.69) is 4.98 Å². The molecule has 1 aliphatic heterocycles. The summed E-state index contributed by atoms with van der Waals surface area (Å²) in [5.41, 5.74) is -0.673. The molecule has 2 N–H and O–H groups in total. The Kier molecular flexibility index (Phi) is 5.13. The van der Waals surface area contributed by atoms with Crippen LogP contribution in [0.2, 0.25) is 0 Å². The number of morpholine rings is 1. The molecule has 0 saturated carbocycles. The van der Waals surface area contributed by atoms with Gasteiger partial charge in [0.2, 0.25) is 5.43 Å². The number of aromatic nitrogens is 2.